The maximum Gasteiger partial charge on any atom is 0.161 e. The molecule has 28 heavy (non-hydrogen) atoms. The fourth-order valence-corrected chi connectivity index (χ4v) is 3.43. The Bertz CT molecular complexity index is 954. The van der Waals surface area contributed by atoms with Crippen molar-refractivity contribution < 1.29 is 4.74 Å². The third kappa shape index (κ3) is 3.82. The van der Waals surface area contributed by atoms with Crippen LogP contribution in [0.2, 0.25) is 0 Å². The molecule has 0 aliphatic carbocycles. The van der Waals surface area contributed by atoms with Crippen LogP contribution in [0.25, 0.3) is 11.4 Å². The molecule has 2 aromatic heterocycles. The van der Waals surface area contributed by atoms with Crippen molar-refractivity contribution in [3.63, 3.8) is 0 Å². The highest BCUT2D eigenvalue weighted by Crippen LogP contribution is 2.26. The van der Waals surface area contributed by atoms with Crippen LogP contribution in [0.5, 0.6) is 5.75 Å². The minimum absolute atomic E-state index is 0.101. The highest BCUT2D eigenvalue weighted by molar-refractivity contribution is 5.60. The van der Waals surface area contributed by atoms with Gasteiger partial charge in [0.15, 0.2) is 5.82 Å². The third-order valence-corrected chi connectivity index (χ3v) is 4.90. The van der Waals surface area contributed by atoms with Crippen LogP contribution in [0.3, 0.4) is 0 Å². The number of aromatic nitrogens is 3. The van der Waals surface area contributed by atoms with Gasteiger partial charge in [0.2, 0.25) is 0 Å². The minimum atomic E-state index is 0.101. The van der Waals surface area contributed by atoms with Crippen LogP contribution in [-0.2, 0) is 13.1 Å². The van der Waals surface area contributed by atoms with Crippen molar-refractivity contribution in [1.29, 1.82) is 0 Å². The number of ether oxygens (including phenoxy) is 1. The molecule has 1 aliphatic rings. The van der Waals surface area contributed by atoms with E-state index in [1.807, 2.05) is 12.1 Å². The van der Waals surface area contributed by atoms with Crippen LogP contribution in [0.15, 0.2) is 42.7 Å². The van der Waals surface area contributed by atoms with Crippen molar-refractivity contribution in [3.05, 3.63) is 65.1 Å². The molecule has 2 N–H and O–H groups in total. The topological polar surface area (TPSA) is 72.0 Å². The van der Waals surface area contributed by atoms with E-state index in [0.717, 1.165) is 58.4 Å². The number of anilines is 1. The van der Waals surface area contributed by atoms with Gasteiger partial charge in [0, 0.05) is 36.6 Å². The van der Waals surface area contributed by atoms with Gasteiger partial charge in [0.25, 0.3) is 0 Å². The van der Waals surface area contributed by atoms with Crippen molar-refractivity contribution in [3.8, 4) is 17.1 Å². The molecule has 3 heterocycles. The molecule has 0 radical (unpaired) electrons. The van der Waals surface area contributed by atoms with E-state index in [1.165, 1.54) is 0 Å². The summed E-state index contributed by atoms with van der Waals surface area (Å²) in [6, 6.07) is 10.2. The molecular formula is C22H25N5O. The Balaban J connectivity index is 1.53. The first-order valence-corrected chi connectivity index (χ1v) is 9.58. The van der Waals surface area contributed by atoms with Crippen LogP contribution in [0.4, 0.5) is 5.82 Å². The lowest BCUT2D eigenvalue weighted by Crippen LogP contribution is -2.25. The van der Waals surface area contributed by atoms with Gasteiger partial charge in [-0.25, -0.2) is 9.97 Å². The molecule has 0 spiro atoms. The Morgan fingerprint density at radius 2 is 1.82 bits per heavy atom. The molecular weight excluding hydrogens is 350 g/mol. The number of para-hydroxylation sites is 1. The molecule has 1 aromatic carbocycles. The number of hydrogen-bond donors (Lipinski definition) is 2. The van der Waals surface area contributed by atoms with Crippen LogP contribution in [-0.4, -0.2) is 27.6 Å². The summed E-state index contributed by atoms with van der Waals surface area (Å²) < 4.78 is 6.11. The summed E-state index contributed by atoms with van der Waals surface area (Å²) in [4.78, 5) is 13.6. The minimum Gasteiger partial charge on any atom is -0.491 e. The van der Waals surface area contributed by atoms with Gasteiger partial charge >= 0.3 is 0 Å². The van der Waals surface area contributed by atoms with Crippen molar-refractivity contribution in [1.82, 2.24) is 20.3 Å². The zero-order chi connectivity index (χ0) is 19.5. The van der Waals surface area contributed by atoms with Crippen LogP contribution in [0.1, 0.15) is 29.3 Å². The quantitative estimate of drug-likeness (QED) is 0.685. The van der Waals surface area contributed by atoms with Gasteiger partial charge in [0.1, 0.15) is 18.2 Å². The van der Waals surface area contributed by atoms with Gasteiger partial charge in [-0.05, 0) is 44.0 Å². The molecule has 6 heteroatoms. The lowest BCUT2D eigenvalue weighted by Gasteiger charge is -2.19. The van der Waals surface area contributed by atoms with Gasteiger partial charge in [0.05, 0.1) is 11.7 Å². The molecule has 144 valence electrons. The Morgan fingerprint density at radius 1 is 1.07 bits per heavy atom. The first-order valence-electron chi connectivity index (χ1n) is 9.58. The number of fused-ring (bicyclic) bond motifs is 1. The fourth-order valence-electron chi connectivity index (χ4n) is 3.43. The van der Waals surface area contributed by atoms with Crippen molar-refractivity contribution in [2.24, 2.45) is 0 Å². The summed E-state index contributed by atoms with van der Waals surface area (Å²) in [5.74, 6) is 2.55. The standard InChI is InChI=1S/C22H25N5O/c1-14-5-4-6-15(2)20(14)28-13-16(3)25-22-18-11-24-12-19(18)26-21(27-22)17-7-9-23-10-8-17/h4-10,16,24H,11-13H2,1-3H3,(H,25,26,27). The van der Waals surface area contributed by atoms with E-state index in [-0.39, 0.29) is 6.04 Å². The number of nitrogens with zero attached hydrogens (tertiary/aromatic N) is 3. The SMILES string of the molecule is Cc1cccc(C)c1OCC(C)Nc1nc(-c2ccncc2)nc2c1CNC2. The van der Waals surface area contributed by atoms with Crippen molar-refractivity contribution in [2.45, 2.75) is 39.9 Å². The predicted molar refractivity (Wildman–Crippen MR) is 110 cm³/mol. The molecule has 0 saturated heterocycles. The first-order chi connectivity index (χ1) is 13.6. The first kappa shape index (κ1) is 18.4. The average Bonchev–Trinajstić information content (AvgIpc) is 3.17. The Labute approximate surface area is 165 Å². The van der Waals surface area contributed by atoms with Gasteiger partial charge in [-0.2, -0.15) is 0 Å². The van der Waals surface area contributed by atoms with E-state index in [1.54, 1.807) is 12.4 Å². The van der Waals surface area contributed by atoms with E-state index in [4.69, 9.17) is 14.7 Å². The van der Waals surface area contributed by atoms with Gasteiger partial charge in [-0.1, -0.05) is 18.2 Å². The summed E-state index contributed by atoms with van der Waals surface area (Å²) in [5.41, 5.74) is 5.45. The van der Waals surface area contributed by atoms with E-state index in [2.05, 4.69) is 54.6 Å². The number of benzene rings is 1. The summed E-state index contributed by atoms with van der Waals surface area (Å²) >= 11 is 0. The summed E-state index contributed by atoms with van der Waals surface area (Å²) in [6.07, 6.45) is 3.52. The van der Waals surface area contributed by atoms with E-state index >= 15 is 0 Å². The molecule has 0 amide bonds. The maximum absolute atomic E-state index is 6.11. The van der Waals surface area contributed by atoms with Gasteiger partial charge in [-0.3, -0.25) is 4.98 Å². The van der Waals surface area contributed by atoms with Gasteiger partial charge in [-0.15, -0.1) is 0 Å². The Hall–Kier alpha value is -2.99. The zero-order valence-electron chi connectivity index (χ0n) is 16.5. The smallest absolute Gasteiger partial charge is 0.161 e. The zero-order valence-corrected chi connectivity index (χ0v) is 16.5. The summed E-state index contributed by atoms with van der Waals surface area (Å²) in [6.45, 7) is 8.35. The molecule has 3 aromatic rings. The van der Waals surface area contributed by atoms with Crippen LogP contribution < -0.4 is 15.4 Å². The van der Waals surface area contributed by atoms with E-state index in [9.17, 15) is 0 Å². The van der Waals surface area contributed by atoms with Crippen LogP contribution >= 0.6 is 0 Å². The average molecular weight is 375 g/mol. The number of aryl methyl sites for hydroxylation is 2. The third-order valence-electron chi connectivity index (χ3n) is 4.90. The number of pyridine rings is 1. The number of rotatable bonds is 6. The summed E-state index contributed by atoms with van der Waals surface area (Å²) in [7, 11) is 0. The second-order valence-electron chi connectivity index (χ2n) is 7.24. The molecule has 0 saturated carbocycles. The van der Waals surface area contributed by atoms with Crippen molar-refractivity contribution in [2.75, 3.05) is 11.9 Å². The second-order valence-corrected chi connectivity index (χ2v) is 7.24. The molecule has 1 unspecified atom stereocenters. The highest BCUT2D eigenvalue weighted by atomic mass is 16.5. The monoisotopic (exact) mass is 375 g/mol. The number of nitrogens with one attached hydrogen (secondary N) is 2. The van der Waals surface area contributed by atoms with Gasteiger partial charge < -0.3 is 15.4 Å². The summed E-state index contributed by atoms with van der Waals surface area (Å²) in [5, 5.41) is 6.90. The Kier molecular flexibility index (Phi) is 5.21. The fraction of sp³-hybridized carbons (Fsp3) is 0.318. The molecule has 0 bridgehead atoms. The van der Waals surface area contributed by atoms with E-state index < -0.39 is 0 Å². The Morgan fingerprint density at radius 3 is 2.57 bits per heavy atom. The molecule has 4 rings (SSSR count). The highest BCUT2D eigenvalue weighted by Gasteiger charge is 2.21. The van der Waals surface area contributed by atoms with Crippen LogP contribution in [0, 0.1) is 13.8 Å². The molecule has 1 aliphatic heterocycles. The number of hydrogen-bond acceptors (Lipinski definition) is 6. The largest absolute Gasteiger partial charge is 0.491 e. The molecule has 1 atom stereocenters. The predicted octanol–water partition coefficient (Wildman–Crippen LogP) is 3.64. The maximum atomic E-state index is 6.11. The van der Waals surface area contributed by atoms with Crippen molar-refractivity contribution >= 4 is 5.82 Å². The van der Waals surface area contributed by atoms with E-state index in [0.29, 0.717) is 6.61 Å². The lowest BCUT2D eigenvalue weighted by molar-refractivity contribution is 0.300. The molecule has 6 nitrogen and oxygen atoms in total. The lowest BCUT2D eigenvalue weighted by atomic mass is 10.1. The normalized spacial score (nSPS) is 13.8. The molecule has 0 fully saturated rings. The second kappa shape index (κ2) is 7.94.